The van der Waals surface area contributed by atoms with Gasteiger partial charge in [0.1, 0.15) is 0 Å². The number of thioether (sulfide) groups is 1. The maximum absolute atomic E-state index is 3.69. The van der Waals surface area contributed by atoms with Crippen LogP contribution in [-0.4, -0.2) is 12.3 Å². The lowest BCUT2D eigenvalue weighted by Gasteiger charge is -2.18. The smallest absolute Gasteiger partial charge is 0.0292 e. The van der Waals surface area contributed by atoms with E-state index >= 15 is 0 Å². The molecule has 104 valence electrons. The molecule has 0 saturated carbocycles. The summed E-state index contributed by atoms with van der Waals surface area (Å²) in [6.45, 7) is 5.44. The largest absolute Gasteiger partial charge is 0.310 e. The van der Waals surface area contributed by atoms with Crippen molar-refractivity contribution < 1.29 is 0 Å². The molecule has 0 spiro atoms. The van der Waals surface area contributed by atoms with Crippen LogP contribution in [-0.2, 0) is 0 Å². The van der Waals surface area contributed by atoms with Crippen molar-refractivity contribution >= 4 is 11.8 Å². The number of aryl methyl sites for hydroxylation is 1. The van der Waals surface area contributed by atoms with E-state index in [0.717, 1.165) is 6.54 Å². The molecular weight excluding hydrogens is 262 g/mol. The van der Waals surface area contributed by atoms with Crippen LogP contribution in [0.15, 0.2) is 53.4 Å². The zero-order chi connectivity index (χ0) is 13.9. The van der Waals surface area contributed by atoms with E-state index in [1.807, 2.05) is 11.8 Å². The standard InChI is InChI=1S/C18H21NS/c1-13-7-9-15(10-8-13)14(2)19-11-16-12-20-18-6-4-3-5-17(16)18/h3-10,14,16,19H,11-12H2,1-2H3/t14-,16?/m0/s1. The molecule has 1 nitrogen and oxygen atoms in total. The Bertz CT molecular complexity index is 576. The number of rotatable bonds is 4. The molecule has 2 aromatic carbocycles. The van der Waals surface area contributed by atoms with E-state index in [-0.39, 0.29) is 0 Å². The highest BCUT2D eigenvalue weighted by atomic mass is 32.2. The number of fused-ring (bicyclic) bond motifs is 1. The van der Waals surface area contributed by atoms with Crippen LogP contribution >= 0.6 is 11.8 Å². The van der Waals surface area contributed by atoms with Gasteiger partial charge in [-0.3, -0.25) is 0 Å². The molecule has 0 radical (unpaired) electrons. The fraction of sp³-hybridized carbons (Fsp3) is 0.333. The molecule has 2 heteroatoms. The first kappa shape index (κ1) is 13.7. The van der Waals surface area contributed by atoms with E-state index in [4.69, 9.17) is 0 Å². The number of hydrogen-bond donors (Lipinski definition) is 1. The van der Waals surface area contributed by atoms with Crippen molar-refractivity contribution in [3.63, 3.8) is 0 Å². The Morgan fingerprint density at radius 3 is 2.70 bits per heavy atom. The average molecular weight is 283 g/mol. The van der Waals surface area contributed by atoms with Crippen LogP contribution in [0.4, 0.5) is 0 Å². The minimum absolute atomic E-state index is 0.411. The SMILES string of the molecule is Cc1ccc([C@H](C)NCC2CSc3ccccc32)cc1. The van der Waals surface area contributed by atoms with E-state index in [2.05, 4.69) is 67.7 Å². The second-order valence-electron chi connectivity index (χ2n) is 5.59. The fourth-order valence-corrected chi connectivity index (χ4v) is 3.94. The van der Waals surface area contributed by atoms with Crippen LogP contribution in [0.1, 0.15) is 35.6 Å². The zero-order valence-corrected chi connectivity index (χ0v) is 12.9. The molecule has 1 aliphatic heterocycles. The Kier molecular flexibility index (Phi) is 4.13. The molecule has 0 aromatic heterocycles. The van der Waals surface area contributed by atoms with E-state index in [1.54, 1.807) is 0 Å². The lowest BCUT2D eigenvalue weighted by molar-refractivity contribution is 0.541. The predicted molar refractivity (Wildman–Crippen MR) is 87.5 cm³/mol. The Balaban J connectivity index is 1.62. The number of nitrogens with one attached hydrogen (secondary N) is 1. The molecule has 1 N–H and O–H groups in total. The normalized spacial score (nSPS) is 18.8. The van der Waals surface area contributed by atoms with Crippen LogP contribution in [0.2, 0.25) is 0 Å². The molecule has 0 amide bonds. The third-order valence-electron chi connectivity index (χ3n) is 4.05. The number of benzene rings is 2. The fourth-order valence-electron chi connectivity index (χ4n) is 2.69. The predicted octanol–water partition coefficient (Wildman–Crippen LogP) is 4.54. The van der Waals surface area contributed by atoms with E-state index in [0.29, 0.717) is 12.0 Å². The highest BCUT2D eigenvalue weighted by molar-refractivity contribution is 7.99. The topological polar surface area (TPSA) is 12.0 Å². The minimum atomic E-state index is 0.411. The summed E-state index contributed by atoms with van der Waals surface area (Å²) in [4.78, 5) is 1.46. The van der Waals surface area contributed by atoms with Gasteiger partial charge in [-0.2, -0.15) is 0 Å². The van der Waals surface area contributed by atoms with Crippen molar-refractivity contribution in [3.8, 4) is 0 Å². The van der Waals surface area contributed by atoms with Gasteiger partial charge in [-0.1, -0.05) is 48.0 Å². The Hall–Kier alpha value is -1.25. The first-order chi connectivity index (χ1) is 9.74. The summed E-state index contributed by atoms with van der Waals surface area (Å²) in [6, 6.07) is 18.0. The lowest BCUT2D eigenvalue weighted by atomic mass is 10.00. The monoisotopic (exact) mass is 283 g/mol. The molecule has 2 atom stereocenters. The van der Waals surface area contributed by atoms with Crippen LogP contribution in [0, 0.1) is 6.92 Å². The third-order valence-corrected chi connectivity index (χ3v) is 5.30. The molecule has 0 aliphatic carbocycles. The van der Waals surface area contributed by atoms with Gasteiger partial charge in [-0.25, -0.2) is 0 Å². The van der Waals surface area contributed by atoms with Gasteiger partial charge in [-0.15, -0.1) is 11.8 Å². The van der Waals surface area contributed by atoms with Crippen molar-refractivity contribution in [2.24, 2.45) is 0 Å². The maximum atomic E-state index is 3.69. The van der Waals surface area contributed by atoms with Gasteiger partial charge >= 0.3 is 0 Å². The van der Waals surface area contributed by atoms with E-state index in [9.17, 15) is 0 Å². The summed E-state index contributed by atoms with van der Waals surface area (Å²) in [5.74, 6) is 1.84. The maximum Gasteiger partial charge on any atom is 0.0292 e. The molecule has 2 aromatic rings. The summed E-state index contributed by atoms with van der Waals surface area (Å²) in [5.41, 5.74) is 4.21. The van der Waals surface area contributed by atoms with Gasteiger partial charge in [-0.05, 0) is 31.0 Å². The Morgan fingerprint density at radius 2 is 1.90 bits per heavy atom. The van der Waals surface area contributed by atoms with E-state index in [1.165, 1.54) is 27.3 Å². The summed E-state index contributed by atoms with van der Waals surface area (Å²) in [7, 11) is 0. The van der Waals surface area contributed by atoms with Crippen LogP contribution in [0.5, 0.6) is 0 Å². The highest BCUT2D eigenvalue weighted by Crippen LogP contribution is 2.39. The van der Waals surface area contributed by atoms with Gasteiger partial charge in [0.2, 0.25) is 0 Å². The van der Waals surface area contributed by atoms with Gasteiger partial charge in [0.25, 0.3) is 0 Å². The highest BCUT2D eigenvalue weighted by Gasteiger charge is 2.22. The van der Waals surface area contributed by atoms with Gasteiger partial charge < -0.3 is 5.32 Å². The van der Waals surface area contributed by atoms with Crippen molar-refractivity contribution in [2.45, 2.75) is 30.7 Å². The van der Waals surface area contributed by atoms with Crippen LogP contribution in [0.25, 0.3) is 0 Å². The lowest BCUT2D eigenvalue weighted by Crippen LogP contribution is -2.24. The average Bonchev–Trinajstić information content (AvgIpc) is 2.89. The van der Waals surface area contributed by atoms with Crippen molar-refractivity contribution in [3.05, 3.63) is 65.2 Å². The summed E-state index contributed by atoms with van der Waals surface area (Å²) < 4.78 is 0. The van der Waals surface area contributed by atoms with Gasteiger partial charge in [0.05, 0.1) is 0 Å². The zero-order valence-electron chi connectivity index (χ0n) is 12.1. The summed E-state index contributed by atoms with van der Waals surface area (Å²) in [6.07, 6.45) is 0. The van der Waals surface area contributed by atoms with Crippen LogP contribution < -0.4 is 5.32 Å². The van der Waals surface area contributed by atoms with Crippen molar-refractivity contribution in [1.82, 2.24) is 5.32 Å². The molecule has 0 bridgehead atoms. The molecule has 1 aliphatic rings. The molecule has 1 unspecified atom stereocenters. The van der Waals surface area contributed by atoms with Crippen molar-refractivity contribution in [1.29, 1.82) is 0 Å². The first-order valence-electron chi connectivity index (χ1n) is 7.25. The molecule has 0 fully saturated rings. The third kappa shape index (κ3) is 2.92. The Labute approximate surface area is 125 Å². The van der Waals surface area contributed by atoms with Gasteiger partial charge in [0, 0.05) is 29.2 Å². The van der Waals surface area contributed by atoms with Crippen LogP contribution in [0.3, 0.4) is 0 Å². The molecule has 0 saturated heterocycles. The molecule has 3 rings (SSSR count). The second-order valence-corrected chi connectivity index (χ2v) is 6.65. The second kappa shape index (κ2) is 6.02. The Morgan fingerprint density at radius 1 is 1.15 bits per heavy atom. The first-order valence-corrected chi connectivity index (χ1v) is 8.24. The molecule has 20 heavy (non-hydrogen) atoms. The quantitative estimate of drug-likeness (QED) is 0.884. The van der Waals surface area contributed by atoms with Gasteiger partial charge in [0.15, 0.2) is 0 Å². The summed E-state index contributed by atoms with van der Waals surface area (Å²) >= 11 is 1.99. The molecular formula is C18H21NS. The van der Waals surface area contributed by atoms with Crippen molar-refractivity contribution in [2.75, 3.05) is 12.3 Å². The minimum Gasteiger partial charge on any atom is -0.310 e. The number of hydrogen-bond acceptors (Lipinski definition) is 2. The van der Waals surface area contributed by atoms with E-state index < -0.39 is 0 Å². The summed E-state index contributed by atoms with van der Waals surface area (Å²) in [5, 5.41) is 3.69. The molecule has 1 heterocycles.